The van der Waals surface area contributed by atoms with Gasteiger partial charge < -0.3 is 4.57 Å². The summed E-state index contributed by atoms with van der Waals surface area (Å²) in [7, 11) is 1.93. The molecule has 1 heterocycles. The van der Waals surface area contributed by atoms with Gasteiger partial charge in [-0.2, -0.15) is 0 Å². The monoisotopic (exact) mass is 249 g/mol. The molecule has 2 nitrogen and oxygen atoms in total. The van der Waals surface area contributed by atoms with Crippen molar-refractivity contribution in [3.63, 3.8) is 0 Å². The zero-order chi connectivity index (χ0) is 13.4. The maximum atomic E-state index is 12.5. The Balaban J connectivity index is 2.11. The lowest BCUT2D eigenvalue weighted by atomic mass is 10.1. The average Bonchev–Trinajstić information content (AvgIpc) is 2.77. The van der Waals surface area contributed by atoms with Crippen LogP contribution in [-0.4, -0.2) is 10.4 Å². The highest BCUT2D eigenvalue weighted by molar-refractivity contribution is 6.10. The predicted octanol–water partition coefficient (Wildman–Crippen LogP) is 3.72. The highest BCUT2D eigenvalue weighted by Crippen LogP contribution is 2.20. The minimum atomic E-state index is 0.0682. The van der Waals surface area contributed by atoms with Crippen molar-refractivity contribution in [1.82, 2.24) is 4.57 Å². The van der Waals surface area contributed by atoms with Crippen molar-refractivity contribution in [1.29, 1.82) is 0 Å². The fraction of sp³-hybridized carbons (Fsp3) is 0.118. The van der Waals surface area contributed by atoms with Gasteiger partial charge >= 0.3 is 0 Å². The van der Waals surface area contributed by atoms with E-state index in [2.05, 4.69) is 0 Å². The molecule has 3 aromatic rings. The Kier molecular flexibility index (Phi) is 2.71. The van der Waals surface area contributed by atoms with Gasteiger partial charge in [0.2, 0.25) is 5.78 Å². The van der Waals surface area contributed by atoms with Gasteiger partial charge in [0.15, 0.2) is 0 Å². The third kappa shape index (κ3) is 1.95. The SMILES string of the molecule is Cc1ccc(C(=O)c2cc3ccccc3n2C)cc1. The lowest BCUT2D eigenvalue weighted by molar-refractivity contribution is 0.103. The van der Waals surface area contributed by atoms with E-state index in [4.69, 9.17) is 0 Å². The van der Waals surface area contributed by atoms with Gasteiger partial charge in [0.1, 0.15) is 0 Å². The van der Waals surface area contributed by atoms with E-state index in [0.29, 0.717) is 0 Å². The van der Waals surface area contributed by atoms with E-state index in [0.717, 1.165) is 27.7 Å². The van der Waals surface area contributed by atoms with Crippen LogP contribution < -0.4 is 0 Å². The molecule has 0 saturated carbocycles. The number of rotatable bonds is 2. The maximum absolute atomic E-state index is 12.5. The van der Waals surface area contributed by atoms with Crippen LogP contribution >= 0.6 is 0 Å². The minimum Gasteiger partial charge on any atom is -0.341 e. The average molecular weight is 249 g/mol. The molecule has 19 heavy (non-hydrogen) atoms. The molecule has 0 bridgehead atoms. The van der Waals surface area contributed by atoms with E-state index in [1.807, 2.05) is 73.1 Å². The first-order chi connectivity index (χ1) is 9.16. The van der Waals surface area contributed by atoms with Gasteiger partial charge in [-0.3, -0.25) is 4.79 Å². The number of fused-ring (bicyclic) bond motifs is 1. The topological polar surface area (TPSA) is 22.0 Å². The molecule has 1 aromatic heterocycles. The molecule has 0 N–H and O–H groups in total. The van der Waals surface area contributed by atoms with E-state index in [9.17, 15) is 4.79 Å². The van der Waals surface area contributed by atoms with E-state index in [-0.39, 0.29) is 5.78 Å². The first-order valence-corrected chi connectivity index (χ1v) is 6.32. The first-order valence-electron chi connectivity index (χ1n) is 6.32. The smallest absolute Gasteiger partial charge is 0.209 e. The predicted molar refractivity (Wildman–Crippen MR) is 77.5 cm³/mol. The fourth-order valence-corrected chi connectivity index (χ4v) is 2.36. The molecule has 2 aromatic carbocycles. The third-order valence-corrected chi connectivity index (χ3v) is 3.50. The van der Waals surface area contributed by atoms with Gasteiger partial charge in [-0.05, 0) is 19.1 Å². The number of aromatic nitrogens is 1. The van der Waals surface area contributed by atoms with Crippen LogP contribution in [0.4, 0.5) is 0 Å². The summed E-state index contributed by atoms with van der Waals surface area (Å²) in [4.78, 5) is 12.5. The molecule has 0 amide bonds. The second-order valence-electron chi connectivity index (χ2n) is 4.84. The highest BCUT2D eigenvalue weighted by Gasteiger charge is 2.14. The number of hydrogen-bond acceptors (Lipinski definition) is 1. The molecule has 0 radical (unpaired) electrons. The number of carbonyl (C=O) groups is 1. The van der Waals surface area contributed by atoms with Crippen molar-refractivity contribution < 1.29 is 4.79 Å². The van der Waals surface area contributed by atoms with Gasteiger partial charge in [-0.25, -0.2) is 0 Å². The number of ketones is 1. The molecule has 0 aliphatic rings. The summed E-state index contributed by atoms with van der Waals surface area (Å²) < 4.78 is 1.96. The molecular weight excluding hydrogens is 234 g/mol. The fourth-order valence-electron chi connectivity index (χ4n) is 2.36. The van der Waals surface area contributed by atoms with Crippen LogP contribution in [0.15, 0.2) is 54.6 Å². The molecule has 0 fully saturated rings. The van der Waals surface area contributed by atoms with Crippen molar-refractivity contribution in [2.75, 3.05) is 0 Å². The number of para-hydroxylation sites is 1. The van der Waals surface area contributed by atoms with Crippen molar-refractivity contribution in [2.45, 2.75) is 6.92 Å². The quantitative estimate of drug-likeness (QED) is 0.634. The normalized spacial score (nSPS) is 10.8. The first kappa shape index (κ1) is 11.7. The molecule has 0 unspecified atom stereocenters. The van der Waals surface area contributed by atoms with Gasteiger partial charge in [-0.15, -0.1) is 0 Å². The number of benzene rings is 2. The minimum absolute atomic E-state index is 0.0682. The van der Waals surface area contributed by atoms with Crippen molar-refractivity contribution >= 4 is 16.7 Å². The zero-order valence-corrected chi connectivity index (χ0v) is 11.1. The Morgan fingerprint density at radius 2 is 1.68 bits per heavy atom. The summed E-state index contributed by atoms with van der Waals surface area (Å²) in [5, 5.41) is 1.10. The second-order valence-corrected chi connectivity index (χ2v) is 4.84. The Hall–Kier alpha value is -2.35. The molecule has 0 atom stereocenters. The second kappa shape index (κ2) is 4.39. The van der Waals surface area contributed by atoms with Crippen molar-refractivity contribution in [3.05, 3.63) is 71.4 Å². The largest absolute Gasteiger partial charge is 0.341 e. The summed E-state index contributed by atoms with van der Waals surface area (Å²) >= 11 is 0. The van der Waals surface area contributed by atoms with E-state index >= 15 is 0 Å². The van der Waals surface area contributed by atoms with Gasteiger partial charge in [0.05, 0.1) is 5.69 Å². The number of nitrogens with zero attached hydrogens (tertiary/aromatic N) is 1. The molecule has 0 aliphatic heterocycles. The Bertz CT molecular complexity index is 751. The Morgan fingerprint density at radius 3 is 2.37 bits per heavy atom. The van der Waals surface area contributed by atoms with Gasteiger partial charge in [0.25, 0.3) is 0 Å². The maximum Gasteiger partial charge on any atom is 0.209 e. The van der Waals surface area contributed by atoms with E-state index in [1.54, 1.807) is 0 Å². The number of hydrogen-bond donors (Lipinski definition) is 0. The highest BCUT2D eigenvalue weighted by atomic mass is 16.1. The van der Waals surface area contributed by atoms with Gasteiger partial charge in [0, 0.05) is 23.5 Å². The summed E-state index contributed by atoms with van der Waals surface area (Å²) in [6.45, 7) is 2.02. The van der Waals surface area contributed by atoms with Crippen LogP contribution in [0, 0.1) is 6.92 Å². The van der Waals surface area contributed by atoms with Crippen LogP contribution in [0.1, 0.15) is 21.6 Å². The molecule has 0 aliphatic carbocycles. The van der Waals surface area contributed by atoms with E-state index < -0.39 is 0 Å². The van der Waals surface area contributed by atoms with Crippen LogP contribution in [-0.2, 0) is 7.05 Å². The Morgan fingerprint density at radius 1 is 1.00 bits per heavy atom. The standard InChI is InChI=1S/C17H15NO/c1-12-7-9-13(10-8-12)17(19)16-11-14-5-3-4-6-15(14)18(16)2/h3-11H,1-2H3. The summed E-state index contributed by atoms with van der Waals surface area (Å²) in [6, 6.07) is 17.7. The molecule has 2 heteroatoms. The number of aryl methyl sites for hydroxylation is 2. The Labute approximate surface area is 112 Å². The summed E-state index contributed by atoms with van der Waals surface area (Å²) in [5.74, 6) is 0.0682. The zero-order valence-electron chi connectivity index (χ0n) is 11.1. The summed E-state index contributed by atoms with van der Waals surface area (Å²) in [5.41, 5.74) is 3.70. The molecule has 0 saturated heterocycles. The molecule has 0 spiro atoms. The van der Waals surface area contributed by atoms with Crippen LogP contribution in [0.25, 0.3) is 10.9 Å². The lowest BCUT2D eigenvalue weighted by Crippen LogP contribution is -2.06. The van der Waals surface area contributed by atoms with Crippen LogP contribution in [0.3, 0.4) is 0 Å². The molecule has 94 valence electrons. The van der Waals surface area contributed by atoms with Crippen molar-refractivity contribution in [2.24, 2.45) is 7.05 Å². The van der Waals surface area contributed by atoms with Gasteiger partial charge in [-0.1, -0.05) is 48.0 Å². The third-order valence-electron chi connectivity index (χ3n) is 3.50. The summed E-state index contributed by atoms with van der Waals surface area (Å²) in [6.07, 6.45) is 0. The van der Waals surface area contributed by atoms with E-state index in [1.165, 1.54) is 0 Å². The number of carbonyl (C=O) groups excluding carboxylic acids is 1. The van der Waals surface area contributed by atoms with Crippen molar-refractivity contribution in [3.8, 4) is 0 Å². The van der Waals surface area contributed by atoms with Crippen LogP contribution in [0.5, 0.6) is 0 Å². The van der Waals surface area contributed by atoms with Crippen LogP contribution in [0.2, 0.25) is 0 Å². The molecule has 3 rings (SSSR count). The molecular formula is C17H15NO. The lowest BCUT2D eigenvalue weighted by Gasteiger charge is -2.04.